The number of hydrogen-bond acceptors (Lipinski definition) is 1. The summed E-state index contributed by atoms with van der Waals surface area (Å²) in [5.41, 5.74) is 0.958. The van der Waals surface area contributed by atoms with Crippen LogP contribution in [0.3, 0.4) is 0 Å². The third-order valence-corrected chi connectivity index (χ3v) is 4.68. The van der Waals surface area contributed by atoms with Gasteiger partial charge in [0.25, 0.3) is 0 Å². The van der Waals surface area contributed by atoms with Gasteiger partial charge < -0.3 is 4.90 Å². The van der Waals surface area contributed by atoms with Crippen LogP contribution in [0.1, 0.15) is 13.3 Å². The van der Waals surface area contributed by atoms with Crippen molar-refractivity contribution in [1.82, 2.24) is 0 Å². The first-order chi connectivity index (χ1) is 6.97. The van der Waals surface area contributed by atoms with E-state index in [1.54, 1.807) is 31.2 Å². The lowest BCUT2D eigenvalue weighted by Gasteiger charge is -2.15. The van der Waals surface area contributed by atoms with E-state index >= 15 is 0 Å². The van der Waals surface area contributed by atoms with Gasteiger partial charge in [-0.15, -0.1) is 0 Å². The molecule has 0 bridgehead atoms. The van der Waals surface area contributed by atoms with Gasteiger partial charge in [0.2, 0.25) is 0 Å². The first-order valence-corrected chi connectivity index (χ1v) is 7.09. The lowest BCUT2D eigenvalue weighted by molar-refractivity contribution is 0.615. The van der Waals surface area contributed by atoms with Gasteiger partial charge in [-0.3, -0.25) is 8.22 Å². The van der Waals surface area contributed by atoms with Gasteiger partial charge in [0.1, 0.15) is 0 Å². The van der Waals surface area contributed by atoms with Crippen molar-refractivity contribution in [1.29, 1.82) is 0 Å². The van der Waals surface area contributed by atoms with E-state index in [0.29, 0.717) is 6.42 Å². The average molecular weight is 229 g/mol. The number of rotatable bonds is 4. The molecule has 0 aromatic heterocycles. The van der Waals surface area contributed by atoms with Crippen LogP contribution in [0, 0.1) is 0 Å². The van der Waals surface area contributed by atoms with Crippen molar-refractivity contribution in [3.8, 4) is 0 Å². The molecule has 0 aliphatic rings. The normalized spacial score (nSPS) is 11.5. The summed E-state index contributed by atoms with van der Waals surface area (Å²) in [5.74, 6) is 0. The van der Waals surface area contributed by atoms with Gasteiger partial charge in [-0.1, -0.05) is 25.5 Å². The first-order valence-electron chi connectivity index (χ1n) is 5.13. The van der Waals surface area contributed by atoms with E-state index in [9.17, 15) is 8.22 Å². The maximum atomic E-state index is 13.6. The Labute approximate surface area is 91.1 Å². The van der Waals surface area contributed by atoms with Gasteiger partial charge in [0.05, 0.1) is 0 Å². The van der Waals surface area contributed by atoms with Crippen LogP contribution in [0.15, 0.2) is 24.3 Å². The Balaban J connectivity index is 2.88. The molecule has 0 N–H and O–H groups in total. The molecule has 0 saturated carbocycles. The smallest absolute Gasteiger partial charge is 0.378 e. The molecule has 0 aliphatic carbocycles. The Morgan fingerprint density at radius 1 is 1.13 bits per heavy atom. The van der Waals surface area contributed by atoms with Crippen molar-refractivity contribution < 1.29 is 8.22 Å². The molecule has 1 rings (SSSR count). The van der Waals surface area contributed by atoms with E-state index < -0.39 is 8.74 Å². The van der Waals surface area contributed by atoms with E-state index in [-0.39, 0.29) is 11.2 Å². The predicted octanol–water partition coefficient (Wildman–Crippen LogP) is 2.75. The van der Waals surface area contributed by atoms with Crippen molar-refractivity contribution >= 4 is 19.6 Å². The molecule has 0 fully saturated rings. The fourth-order valence-electron chi connectivity index (χ4n) is 1.46. The second kappa shape index (κ2) is 4.75. The SMILES string of the molecule is CCC[Si](F)(F)c1ccc(N(C)C)cc1. The second-order valence-electron chi connectivity index (χ2n) is 3.90. The Kier molecular flexibility index (Phi) is 3.85. The van der Waals surface area contributed by atoms with Gasteiger partial charge in [-0.2, -0.15) is 0 Å². The number of nitrogens with zero attached hydrogens (tertiary/aromatic N) is 1. The van der Waals surface area contributed by atoms with Crippen LogP contribution in [0.5, 0.6) is 0 Å². The van der Waals surface area contributed by atoms with E-state index in [1.807, 2.05) is 19.0 Å². The quantitative estimate of drug-likeness (QED) is 0.567. The minimum absolute atomic E-state index is 0.0499. The molecular formula is C11H17F2NSi. The Bertz CT molecular complexity index is 309. The van der Waals surface area contributed by atoms with Crippen LogP contribution in [0.2, 0.25) is 6.04 Å². The molecule has 1 nitrogen and oxygen atoms in total. The Hall–Kier alpha value is -0.903. The molecule has 0 spiro atoms. The van der Waals surface area contributed by atoms with Gasteiger partial charge in [0.15, 0.2) is 0 Å². The summed E-state index contributed by atoms with van der Waals surface area (Å²) >= 11 is 0. The molecule has 0 aliphatic heterocycles. The highest BCUT2D eigenvalue weighted by atomic mass is 28.4. The molecule has 0 unspecified atom stereocenters. The highest BCUT2D eigenvalue weighted by Gasteiger charge is 2.36. The third kappa shape index (κ3) is 3.02. The molecule has 84 valence electrons. The minimum atomic E-state index is -4.16. The van der Waals surface area contributed by atoms with Crippen molar-refractivity contribution in [2.75, 3.05) is 19.0 Å². The predicted molar refractivity (Wildman–Crippen MR) is 63.5 cm³/mol. The molecule has 1 aromatic rings. The lowest BCUT2D eigenvalue weighted by Crippen LogP contribution is -2.38. The maximum Gasteiger partial charge on any atom is 0.455 e. The molecule has 15 heavy (non-hydrogen) atoms. The van der Waals surface area contributed by atoms with Crippen molar-refractivity contribution in [2.24, 2.45) is 0 Å². The molecular weight excluding hydrogens is 212 g/mol. The average Bonchev–Trinajstić information content (AvgIpc) is 2.18. The van der Waals surface area contributed by atoms with E-state index in [0.717, 1.165) is 5.69 Å². The van der Waals surface area contributed by atoms with E-state index in [4.69, 9.17) is 0 Å². The number of hydrogen-bond donors (Lipinski definition) is 0. The molecule has 4 heteroatoms. The first kappa shape index (κ1) is 12.2. The van der Waals surface area contributed by atoms with Crippen LogP contribution in [-0.4, -0.2) is 22.8 Å². The van der Waals surface area contributed by atoms with Crippen LogP contribution >= 0.6 is 0 Å². The van der Waals surface area contributed by atoms with Crippen LogP contribution in [0.4, 0.5) is 13.9 Å². The highest BCUT2D eigenvalue weighted by molar-refractivity contribution is 6.79. The zero-order chi connectivity index (χ0) is 11.5. The molecule has 0 atom stereocenters. The monoisotopic (exact) mass is 229 g/mol. The van der Waals surface area contributed by atoms with Crippen molar-refractivity contribution in [2.45, 2.75) is 19.4 Å². The molecule has 0 saturated heterocycles. The summed E-state index contributed by atoms with van der Waals surface area (Å²) in [5, 5.41) is 0.245. The summed E-state index contributed by atoms with van der Waals surface area (Å²) in [6.07, 6.45) is 0.550. The topological polar surface area (TPSA) is 3.24 Å². The maximum absolute atomic E-state index is 13.6. The van der Waals surface area contributed by atoms with Crippen LogP contribution in [-0.2, 0) is 0 Å². The summed E-state index contributed by atoms with van der Waals surface area (Å²) in [7, 11) is -0.357. The van der Waals surface area contributed by atoms with Gasteiger partial charge in [-0.05, 0) is 12.1 Å². The summed E-state index contributed by atoms with van der Waals surface area (Å²) < 4.78 is 27.2. The molecule has 0 heterocycles. The molecule has 0 amide bonds. The third-order valence-electron chi connectivity index (χ3n) is 2.37. The summed E-state index contributed by atoms with van der Waals surface area (Å²) in [6, 6.07) is 6.69. The Morgan fingerprint density at radius 2 is 1.67 bits per heavy atom. The molecule has 0 radical (unpaired) electrons. The van der Waals surface area contributed by atoms with Gasteiger partial charge >= 0.3 is 8.74 Å². The largest absolute Gasteiger partial charge is 0.455 e. The zero-order valence-electron chi connectivity index (χ0n) is 9.43. The van der Waals surface area contributed by atoms with Crippen molar-refractivity contribution in [3.63, 3.8) is 0 Å². The number of benzene rings is 1. The summed E-state index contributed by atoms with van der Waals surface area (Å²) in [6.45, 7) is 1.80. The minimum Gasteiger partial charge on any atom is -0.378 e. The standard InChI is InChI=1S/C11H17F2NSi/c1-4-9-15(12,13)11-7-5-10(6-8-11)14(2)3/h5-8H,4,9H2,1-3H3. The Morgan fingerprint density at radius 3 is 2.07 bits per heavy atom. The van der Waals surface area contributed by atoms with Crippen LogP contribution < -0.4 is 10.1 Å². The van der Waals surface area contributed by atoms with E-state index in [1.165, 1.54) is 0 Å². The van der Waals surface area contributed by atoms with Crippen LogP contribution in [0.25, 0.3) is 0 Å². The van der Waals surface area contributed by atoms with Gasteiger partial charge in [-0.25, -0.2) is 0 Å². The number of anilines is 1. The second-order valence-corrected chi connectivity index (χ2v) is 6.38. The zero-order valence-corrected chi connectivity index (χ0v) is 10.4. The number of halogens is 2. The lowest BCUT2D eigenvalue weighted by atomic mass is 10.3. The van der Waals surface area contributed by atoms with Crippen molar-refractivity contribution in [3.05, 3.63) is 24.3 Å². The summed E-state index contributed by atoms with van der Waals surface area (Å²) in [4.78, 5) is 1.91. The van der Waals surface area contributed by atoms with E-state index in [2.05, 4.69) is 0 Å². The molecule has 1 aromatic carbocycles. The fraction of sp³-hybridized carbons (Fsp3) is 0.455. The highest BCUT2D eigenvalue weighted by Crippen LogP contribution is 2.17. The fourth-order valence-corrected chi connectivity index (χ4v) is 3.03. The van der Waals surface area contributed by atoms with Gasteiger partial charge in [0, 0.05) is 31.0 Å².